The van der Waals surface area contributed by atoms with Crippen LogP contribution >= 0.6 is 0 Å². The molecule has 0 amide bonds. The van der Waals surface area contributed by atoms with Gasteiger partial charge in [-0.05, 0) is 23.8 Å². The average Bonchev–Trinajstić information content (AvgIpc) is 2.45. The van der Waals surface area contributed by atoms with Crippen molar-refractivity contribution < 1.29 is 29.3 Å². The number of carboxylic acids is 1. The van der Waals surface area contributed by atoms with Crippen molar-refractivity contribution in [2.75, 3.05) is 0 Å². The molecule has 3 atom stereocenters. The molecular weight excluding hydrogens is 290 g/mol. The van der Waals surface area contributed by atoms with Crippen LogP contribution in [-0.4, -0.2) is 46.7 Å². The zero-order valence-corrected chi connectivity index (χ0v) is 11.8. The van der Waals surface area contributed by atoms with Gasteiger partial charge < -0.3 is 20.7 Å². The standard InChI is InChI=1S/C15H17NO6/c16-14-6-11(18)5-13(22-14)12(19)4-8-1-9(7-17)3-10(2-8)15(20)21/h1-3,7,11,13-14,18H,4-6,16H2,(H,20,21)/t11-,13-,14+/m0/s1. The molecule has 1 heterocycles. The summed E-state index contributed by atoms with van der Waals surface area (Å²) >= 11 is 0. The Balaban J connectivity index is 2.15. The number of hydrogen-bond donors (Lipinski definition) is 3. The summed E-state index contributed by atoms with van der Waals surface area (Å²) in [7, 11) is 0. The van der Waals surface area contributed by atoms with Crippen molar-refractivity contribution >= 4 is 18.0 Å². The van der Waals surface area contributed by atoms with Crippen LogP contribution in [0.25, 0.3) is 0 Å². The maximum atomic E-state index is 12.2. The number of ether oxygens (including phenoxy) is 1. The summed E-state index contributed by atoms with van der Waals surface area (Å²) in [6.45, 7) is 0. The lowest BCUT2D eigenvalue weighted by molar-refractivity contribution is -0.146. The predicted octanol–water partition coefficient (Wildman–Crippen LogP) is 0.134. The van der Waals surface area contributed by atoms with E-state index in [-0.39, 0.29) is 36.2 Å². The van der Waals surface area contributed by atoms with Crippen molar-refractivity contribution in [3.8, 4) is 0 Å². The molecule has 0 radical (unpaired) electrons. The molecule has 7 nitrogen and oxygen atoms in total. The van der Waals surface area contributed by atoms with Crippen LogP contribution in [0, 0.1) is 0 Å². The molecule has 118 valence electrons. The van der Waals surface area contributed by atoms with E-state index >= 15 is 0 Å². The van der Waals surface area contributed by atoms with Gasteiger partial charge in [0.05, 0.1) is 11.7 Å². The monoisotopic (exact) mass is 307 g/mol. The molecule has 1 fully saturated rings. The van der Waals surface area contributed by atoms with Crippen LogP contribution in [0.3, 0.4) is 0 Å². The fraction of sp³-hybridized carbons (Fsp3) is 0.400. The van der Waals surface area contributed by atoms with E-state index in [1.807, 2.05) is 0 Å². The summed E-state index contributed by atoms with van der Waals surface area (Å²) in [5.41, 5.74) is 6.13. The Morgan fingerprint density at radius 3 is 2.64 bits per heavy atom. The normalized spacial score (nSPS) is 24.7. The SMILES string of the molecule is N[C@H]1C[C@@H](O)C[C@@H](C(=O)Cc2cc(C=O)cc(C(=O)O)c2)O1. The molecule has 0 bridgehead atoms. The molecule has 1 saturated heterocycles. The van der Waals surface area contributed by atoms with Crippen LogP contribution in [0.2, 0.25) is 0 Å². The lowest BCUT2D eigenvalue weighted by Gasteiger charge is -2.30. The second kappa shape index (κ2) is 6.78. The molecule has 1 aliphatic rings. The fourth-order valence-electron chi connectivity index (χ4n) is 2.47. The number of aliphatic hydroxyl groups excluding tert-OH is 1. The van der Waals surface area contributed by atoms with Gasteiger partial charge in [0.25, 0.3) is 0 Å². The van der Waals surface area contributed by atoms with Gasteiger partial charge in [-0.1, -0.05) is 0 Å². The quantitative estimate of drug-likeness (QED) is 0.660. The maximum absolute atomic E-state index is 12.2. The Morgan fingerprint density at radius 1 is 1.32 bits per heavy atom. The molecule has 0 spiro atoms. The molecule has 0 aromatic heterocycles. The van der Waals surface area contributed by atoms with E-state index in [1.54, 1.807) is 0 Å². The summed E-state index contributed by atoms with van der Waals surface area (Å²) in [6.07, 6.45) is -1.36. The van der Waals surface area contributed by atoms with Gasteiger partial charge in [0.1, 0.15) is 18.6 Å². The maximum Gasteiger partial charge on any atom is 0.335 e. The van der Waals surface area contributed by atoms with Gasteiger partial charge in [-0.3, -0.25) is 9.59 Å². The van der Waals surface area contributed by atoms with Crippen LogP contribution in [0.4, 0.5) is 0 Å². The zero-order chi connectivity index (χ0) is 16.3. The summed E-state index contributed by atoms with van der Waals surface area (Å²) in [5, 5.41) is 18.6. The number of nitrogens with two attached hydrogens (primary N) is 1. The van der Waals surface area contributed by atoms with Gasteiger partial charge in [0.15, 0.2) is 5.78 Å². The Labute approximate surface area is 126 Å². The first kappa shape index (κ1) is 16.3. The van der Waals surface area contributed by atoms with Crippen LogP contribution in [-0.2, 0) is 16.0 Å². The molecule has 22 heavy (non-hydrogen) atoms. The van der Waals surface area contributed by atoms with E-state index in [4.69, 9.17) is 15.6 Å². The summed E-state index contributed by atoms with van der Waals surface area (Å²) in [5.74, 6) is -1.49. The number of aldehydes is 1. The number of Topliss-reactive ketones (excluding diaryl/α,β-unsaturated/α-hetero) is 1. The Kier molecular flexibility index (Phi) is 5.02. The minimum Gasteiger partial charge on any atom is -0.478 e. The summed E-state index contributed by atoms with van der Waals surface area (Å²) < 4.78 is 5.31. The van der Waals surface area contributed by atoms with Crippen LogP contribution in [0.5, 0.6) is 0 Å². The van der Waals surface area contributed by atoms with E-state index in [1.165, 1.54) is 18.2 Å². The minimum atomic E-state index is -1.18. The first-order chi connectivity index (χ1) is 10.4. The largest absolute Gasteiger partial charge is 0.478 e. The van der Waals surface area contributed by atoms with E-state index in [2.05, 4.69) is 0 Å². The number of aliphatic hydroxyl groups is 1. The zero-order valence-electron chi connectivity index (χ0n) is 11.8. The number of rotatable bonds is 5. The van der Waals surface area contributed by atoms with Crippen molar-refractivity contribution in [2.24, 2.45) is 5.73 Å². The highest BCUT2D eigenvalue weighted by Gasteiger charge is 2.31. The topological polar surface area (TPSA) is 127 Å². The predicted molar refractivity (Wildman–Crippen MR) is 75.6 cm³/mol. The van der Waals surface area contributed by atoms with Crippen molar-refractivity contribution in [1.29, 1.82) is 0 Å². The molecule has 0 saturated carbocycles. The molecule has 2 rings (SSSR count). The van der Waals surface area contributed by atoms with E-state index in [0.717, 1.165) is 0 Å². The van der Waals surface area contributed by atoms with Gasteiger partial charge >= 0.3 is 5.97 Å². The van der Waals surface area contributed by atoms with Crippen molar-refractivity contribution in [3.05, 3.63) is 34.9 Å². The molecule has 1 aliphatic heterocycles. The minimum absolute atomic E-state index is 0.0614. The molecule has 7 heteroatoms. The molecule has 0 aliphatic carbocycles. The highest BCUT2D eigenvalue weighted by atomic mass is 16.5. The lowest BCUT2D eigenvalue weighted by atomic mass is 9.96. The number of ketones is 1. The Hall–Kier alpha value is -2.09. The summed E-state index contributed by atoms with van der Waals surface area (Å²) in [4.78, 5) is 34.1. The number of carbonyl (C=O) groups is 3. The summed E-state index contributed by atoms with van der Waals surface area (Å²) in [6, 6.07) is 4.03. The molecule has 1 aromatic rings. The van der Waals surface area contributed by atoms with Crippen molar-refractivity contribution in [3.63, 3.8) is 0 Å². The number of benzene rings is 1. The van der Waals surface area contributed by atoms with Crippen LogP contribution in [0.1, 0.15) is 39.1 Å². The first-order valence-corrected chi connectivity index (χ1v) is 6.83. The Bertz CT molecular complexity index is 590. The van der Waals surface area contributed by atoms with E-state index in [0.29, 0.717) is 11.8 Å². The average molecular weight is 307 g/mol. The van der Waals surface area contributed by atoms with E-state index in [9.17, 15) is 19.5 Å². The molecule has 1 aromatic carbocycles. The van der Waals surface area contributed by atoms with Gasteiger partial charge in [0.2, 0.25) is 0 Å². The smallest absolute Gasteiger partial charge is 0.335 e. The van der Waals surface area contributed by atoms with E-state index < -0.39 is 24.4 Å². The molecular formula is C15H17NO6. The number of aromatic carboxylic acids is 1. The first-order valence-electron chi connectivity index (χ1n) is 6.83. The third-order valence-electron chi connectivity index (χ3n) is 3.47. The van der Waals surface area contributed by atoms with Gasteiger partial charge in [0, 0.05) is 24.8 Å². The highest BCUT2D eigenvalue weighted by Crippen LogP contribution is 2.20. The highest BCUT2D eigenvalue weighted by molar-refractivity contribution is 5.92. The number of carboxylic acid groups (broad SMARTS) is 1. The Morgan fingerprint density at radius 2 is 2.05 bits per heavy atom. The third kappa shape index (κ3) is 3.97. The van der Waals surface area contributed by atoms with Crippen LogP contribution < -0.4 is 5.73 Å². The molecule has 0 unspecified atom stereocenters. The molecule has 4 N–H and O–H groups in total. The lowest BCUT2D eigenvalue weighted by Crippen LogP contribution is -2.44. The van der Waals surface area contributed by atoms with Gasteiger partial charge in [-0.25, -0.2) is 4.79 Å². The number of hydrogen-bond acceptors (Lipinski definition) is 6. The second-order valence-electron chi connectivity index (χ2n) is 5.32. The van der Waals surface area contributed by atoms with Crippen LogP contribution in [0.15, 0.2) is 18.2 Å². The van der Waals surface area contributed by atoms with Gasteiger partial charge in [-0.15, -0.1) is 0 Å². The number of carbonyl (C=O) groups excluding carboxylic acids is 2. The fourth-order valence-corrected chi connectivity index (χ4v) is 2.47. The van der Waals surface area contributed by atoms with Crippen molar-refractivity contribution in [2.45, 2.75) is 37.7 Å². The van der Waals surface area contributed by atoms with Gasteiger partial charge in [-0.2, -0.15) is 0 Å². The third-order valence-corrected chi connectivity index (χ3v) is 3.47. The van der Waals surface area contributed by atoms with Crippen molar-refractivity contribution in [1.82, 2.24) is 0 Å². The second-order valence-corrected chi connectivity index (χ2v) is 5.32.